The molecule has 0 unspecified atom stereocenters. The highest BCUT2D eigenvalue weighted by molar-refractivity contribution is 6.07. The molecule has 2 heterocycles. The number of benzene rings is 5. The minimum atomic E-state index is 1.04. The monoisotopic (exact) mass is 484 g/mol. The van der Waals surface area contributed by atoms with E-state index in [4.69, 9.17) is 9.97 Å². The first kappa shape index (κ1) is 20.5. The summed E-state index contributed by atoms with van der Waals surface area (Å²) in [5.41, 5.74) is 12.6. The van der Waals surface area contributed by atoms with Gasteiger partial charge in [-0.2, -0.15) is 0 Å². The van der Waals surface area contributed by atoms with Crippen LogP contribution in [0.2, 0.25) is 0 Å². The first-order valence-electron chi connectivity index (χ1n) is 13.6. The maximum atomic E-state index is 5.36. The van der Waals surface area contributed by atoms with Crippen LogP contribution in [0.25, 0.3) is 65.9 Å². The van der Waals surface area contributed by atoms with Crippen LogP contribution >= 0.6 is 0 Å². The summed E-state index contributed by atoms with van der Waals surface area (Å²) in [4.78, 5) is 10.7. The Morgan fingerprint density at radius 3 is 1.37 bits per heavy atom. The highest BCUT2D eigenvalue weighted by Crippen LogP contribution is 2.42. The molecule has 0 radical (unpaired) electrons. The molecule has 5 aromatic carbocycles. The van der Waals surface area contributed by atoms with E-state index in [2.05, 4.69) is 97.1 Å². The summed E-state index contributed by atoms with van der Waals surface area (Å²) < 4.78 is 0. The summed E-state index contributed by atoms with van der Waals surface area (Å²) in [6.45, 7) is 0. The summed E-state index contributed by atoms with van der Waals surface area (Å²) in [7, 11) is 0. The maximum absolute atomic E-state index is 5.36. The fourth-order valence-electron chi connectivity index (χ4n) is 6.84. The lowest BCUT2D eigenvalue weighted by Gasteiger charge is -2.26. The average molecular weight is 485 g/mol. The van der Waals surface area contributed by atoms with E-state index in [9.17, 15) is 0 Å². The molecule has 0 spiro atoms. The summed E-state index contributed by atoms with van der Waals surface area (Å²) >= 11 is 0. The molecule has 0 saturated carbocycles. The predicted octanol–water partition coefficient (Wildman–Crippen LogP) is 8.62. The van der Waals surface area contributed by atoms with Gasteiger partial charge in [0.2, 0.25) is 0 Å². The number of aromatic nitrogens is 2. The molecule has 0 bridgehead atoms. The van der Waals surface area contributed by atoms with Gasteiger partial charge in [-0.25, -0.2) is 9.97 Å². The zero-order valence-corrected chi connectivity index (χ0v) is 21.0. The van der Waals surface area contributed by atoms with Crippen LogP contribution in [0, 0.1) is 0 Å². The van der Waals surface area contributed by atoms with E-state index in [-0.39, 0.29) is 0 Å². The molecule has 0 saturated heterocycles. The van der Waals surface area contributed by atoms with Crippen LogP contribution in [0.15, 0.2) is 97.1 Å². The summed E-state index contributed by atoms with van der Waals surface area (Å²) in [6, 6.07) is 35.7. The van der Waals surface area contributed by atoms with Crippen molar-refractivity contribution >= 4 is 43.4 Å². The first-order chi connectivity index (χ1) is 18.8. The zero-order valence-electron chi connectivity index (χ0n) is 21.0. The first-order valence-corrected chi connectivity index (χ1v) is 13.6. The SMILES string of the molecule is c1ccc2c(c1)ccc1cc3c(nc12)-c1cc2c(cc1CC3)CCc1cc3ccc4ccccc4c3nc1-2. The number of nitrogens with zero attached hydrogens (tertiary/aromatic N) is 2. The van der Waals surface area contributed by atoms with Gasteiger partial charge in [0.25, 0.3) is 0 Å². The van der Waals surface area contributed by atoms with Crippen molar-refractivity contribution in [2.24, 2.45) is 0 Å². The summed E-state index contributed by atoms with van der Waals surface area (Å²) in [5.74, 6) is 0. The van der Waals surface area contributed by atoms with E-state index in [1.54, 1.807) is 0 Å². The average Bonchev–Trinajstić information content (AvgIpc) is 2.98. The lowest BCUT2D eigenvalue weighted by molar-refractivity contribution is 0.901. The highest BCUT2D eigenvalue weighted by atomic mass is 14.7. The molecule has 0 atom stereocenters. The Hall–Kier alpha value is -4.56. The second kappa shape index (κ2) is 7.49. The third kappa shape index (κ3) is 2.83. The van der Waals surface area contributed by atoms with Crippen LogP contribution in [0.5, 0.6) is 0 Å². The fraction of sp³-hybridized carbons (Fsp3) is 0.111. The van der Waals surface area contributed by atoms with Crippen molar-refractivity contribution in [3.63, 3.8) is 0 Å². The van der Waals surface area contributed by atoms with Crippen LogP contribution in [0.4, 0.5) is 0 Å². The van der Waals surface area contributed by atoms with Crippen molar-refractivity contribution in [1.82, 2.24) is 9.97 Å². The molecule has 2 aliphatic rings. The van der Waals surface area contributed by atoms with Crippen molar-refractivity contribution in [3.8, 4) is 22.5 Å². The number of hydrogen-bond donors (Lipinski definition) is 0. The van der Waals surface area contributed by atoms with Crippen molar-refractivity contribution < 1.29 is 0 Å². The molecule has 0 N–H and O–H groups in total. The molecule has 38 heavy (non-hydrogen) atoms. The fourth-order valence-corrected chi connectivity index (χ4v) is 6.84. The summed E-state index contributed by atoms with van der Waals surface area (Å²) in [6.07, 6.45) is 4.22. The van der Waals surface area contributed by atoms with Crippen LogP contribution in [-0.2, 0) is 25.7 Å². The lowest BCUT2D eigenvalue weighted by atomic mass is 9.81. The van der Waals surface area contributed by atoms with Gasteiger partial charge < -0.3 is 0 Å². The molecule has 2 nitrogen and oxygen atoms in total. The Morgan fingerprint density at radius 2 is 0.842 bits per heavy atom. The molecule has 178 valence electrons. The third-order valence-corrected chi connectivity index (χ3v) is 8.75. The van der Waals surface area contributed by atoms with E-state index >= 15 is 0 Å². The van der Waals surface area contributed by atoms with E-state index in [0.717, 1.165) is 48.1 Å². The van der Waals surface area contributed by atoms with E-state index < -0.39 is 0 Å². The molecule has 7 aromatic rings. The van der Waals surface area contributed by atoms with Gasteiger partial charge in [0.1, 0.15) is 0 Å². The van der Waals surface area contributed by atoms with E-state index in [0.29, 0.717) is 0 Å². The predicted molar refractivity (Wildman–Crippen MR) is 158 cm³/mol. The second-order valence-corrected chi connectivity index (χ2v) is 10.9. The Bertz CT molecular complexity index is 1990. The Morgan fingerprint density at radius 1 is 0.395 bits per heavy atom. The van der Waals surface area contributed by atoms with Crippen molar-refractivity contribution in [1.29, 1.82) is 0 Å². The highest BCUT2D eigenvalue weighted by Gasteiger charge is 2.25. The number of pyridine rings is 2. The number of hydrogen-bond acceptors (Lipinski definition) is 2. The minimum absolute atomic E-state index is 1.04. The van der Waals surface area contributed by atoms with Crippen LogP contribution < -0.4 is 0 Å². The molecule has 0 aliphatic heterocycles. The molecule has 2 heteroatoms. The topological polar surface area (TPSA) is 25.8 Å². The molecule has 9 rings (SSSR count). The van der Waals surface area contributed by atoms with E-state index in [1.165, 1.54) is 65.7 Å². The van der Waals surface area contributed by atoms with Crippen LogP contribution in [0.3, 0.4) is 0 Å². The molecule has 0 fully saturated rings. The van der Waals surface area contributed by atoms with Crippen molar-refractivity contribution in [2.75, 3.05) is 0 Å². The molecule has 0 amide bonds. The number of fused-ring (bicyclic) bond motifs is 12. The number of rotatable bonds is 0. The normalized spacial score (nSPS) is 13.9. The van der Waals surface area contributed by atoms with Gasteiger partial charge in [-0.1, -0.05) is 78.9 Å². The van der Waals surface area contributed by atoms with E-state index in [1.807, 2.05) is 0 Å². The molecule has 2 aliphatic carbocycles. The van der Waals surface area contributed by atoms with Gasteiger partial charge in [-0.3, -0.25) is 0 Å². The standard InChI is InChI=1S/C36H24N2/c1-3-7-29-21(5-1)9-13-25-18-27-15-11-23-17-24-12-16-28-19-26-14-10-22-6-2-4-8-30(22)34(26)38-36(28)32(24)20-31(23)35(27)37-33(25)29/h1-10,13-14,17-20H,11-12,15-16H2. The molecule has 2 aromatic heterocycles. The van der Waals surface area contributed by atoms with Gasteiger partial charge in [0, 0.05) is 32.7 Å². The van der Waals surface area contributed by atoms with Crippen molar-refractivity contribution in [2.45, 2.75) is 25.7 Å². The minimum Gasteiger partial charge on any atom is -0.247 e. The lowest BCUT2D eigenvalue weighted by Crippen LogP contribution is -2.11. The maximum Gasteiger partial charge on any atom is 0.0788 e. The summed E-state index contributed by atoms with van der Waals surface area (Å²) in [5, 5.41) is 7.40. The Balaban J connectivity index is 1.30. The second-order valence-electron chi connectivity index (χ2n) is 10.9. The molecular weight excluding hydrogens is 460 g/mol. The van der Waals surface area contributed by atoms with Crippen LogP contribution in [-0.4, -0.2) is 9.97 Å². The van der Waals surface area contributed by atoms with Gasteiger partial charge in [0.15, 0.2) is 0 Å². The van der Waals surface area contributed by atoms with Gasteiger partial charge >= 0.3 is 0 Å². The third-order valence-electron chi connectivity index (χ3n) is 8.75. The van der Waals surface area contributed by atoms with Crippen molar-refractivity contribution in [3.05, 3.63) is 119 Å². The zero-order chi connectivity index (χ0) is 24.8. The Labute approximate surface area is 220 Å². The molecular formula is C36H24N2. The Kier molecular flexibility index (Phi) is 4.04. The van der Waals surface area contributed by atoms with Gasteiger partial charge in [-0.05, 0) is 76.9 Å². The largest absolute Gasteiger partial charge is 0.247 e. The van der Waals surface area contributed by atoms with Crippen LogP contribution in [0.1, 0.15) is 22.3 Å². The van der Waals surface area contributed by atoms with Gasteiger partial charge in [0.05, 0.1) is 22.4 Å². The number of aryl methyl sites for hydroxylation is 4. The van der Waals surface area contributed by atoms with Gasteiger partial charge in [-0.15, -0.1) is 0 Å². The quantitative estimate of drug-likeness (QED) is 0.201. The smallest absolute Gasteiger partial charge is 0.0788 e.